The Morgan fingerprint density at radius 1 is 1.39 bits per heavy atom. The molecule has 0 aromatic carbocycles. The lowest BCUT2D eigenvalue weighted by atomic mass is 10.1. The van der Waals surface area contributed by atoms with Gasteiger partial charge in [0.2, 0.25) is 0 Å². The first kappa shape index (κ1) is 13.0. The van der Waals surface area contributed by atoms with Crippen LogP contribution in [-0.2, 0) is 11.2 Å². The lowest BCUT2D eigenvalue weighted by Gasteiger charge is -2.24. The normalized spacial score (nSPS) is 16.4. The molecule has 0 spiro atoms. The van der Waals surface area contributed by atoms with Crippen molar-refractivity contribution < 1.29 is 4.74 Å². The summed E-state index contributed by atoms with van der Waals surface area (Å²) >= 11 is 0. The molecule has 6 nitrogen and oxygen atoms in total. The summed E-state index contributed by atoms with van der Waals surface area (Å²) in [4.78, 5) is 10.9. The van der Waals surface area contributed by atoms with Gasteiger partial charge >= 0.3 is 0 Å². The highest BCUT2D eigenvalue weighted by Crippen LogP contribution is 2.25. The molecule has 2 heterocycles. The topological polar surface area (TPSA) is 76.3 Å². The number of nitrogen functional groups attached to an aromatic ring is 1. The molecule has 18 heavy (non-hydrogen) atoms. The fourth-order valence-corrected chi connectivity index (χ4v) is 2.24. The van der Waals surface area contributed by atoms with Crippen LogP contribution in [-0.4, -0.2) is 36.3 Å². The molecule has 1 aromatic rings. The van der Waals surface area contributed by atoms with Gasteiger partial charge < -0.3 is 15.1 Å². The standard InChI is InChI=1S/C12H21N5O/c1-2-4-10-11(16-13)14-9-15-12(10)17-5-3-7-18-8-6-17/h9H,2-8,13H2,1H3,(H,14,15,16). The van der Waals surface area contributed by atoms with E-state index in [1.807, 2.05) is 0 Å². The molecule has 0 atom stereocenters. The number of hydrogen-bond acceptors (Lipinski definition) is 6. The number of nitrogens with two attached hydrogens (primary N) is 1. The largest absolute Gasteiger partial charge is 0.380 e. The van der Waals surface area contributed by atoms with Gasteiger partial charge in [-0.3, -0.25) is 0 Å². The van der Waals surface area contributed by atoms with Crippen LogP contribution in [0, 0.1) is 0 Å². The lowest BCUT2D eigenvalue weighted by molar-refractivity contribution is 0.152. The number of nitrogens with zero attached hydrogens (tertiary/aromatic N) is 3. The van der Waals surface area contributed by atoms with Crippen LogP contribution in [0.15, 0.2) is 6.33 Å². The van der Waals surface area contributed by atoms with Crippen LogP contribution in [0.25, 0.3) is 0 Å². The molecule has 0 bridgehead atoms. The van der Waals surface area contributed by atoms with Gasteiger partial charge in [0.15, 0.2) is 0 Å². The summed E-state index contributed by atoms with van der Waals surface area (Å²) in [6.45, 7) is 5.56. The molecule has 1 saturated heterocycles. The van der Waals surface area contributed by atoms with Crippen LogP contribution < -0.4 is 16.2 Å². The molecule has 0 radical (unpaired) electrons. The molecule has 1 aliphatic rings. The van der Waals surface area contributed by atoms with Crippen molar-refractivity contribution in [2.45, 2.75) is 26.2 Å². The van der Waals surface area contributed by atoms with Crippen LogP contribution in [0.4, 0.5) is 11.6 Å². The molecule has 3 N–H and O–H groups in total. The highest BCUT2D eigenvalue weighted by molar-refractivity contribution is 5.58. The summed E-state index contributed by atoms with van der Waals surface area (Å²) in [5, 5.41) is 0. The summed E-state index contributed by atoms with van der Waals surface area (Å²) in [5.41, 5.74) is 3.77. The van der Waals surface area contributed by atoms with Crippen molar-refractivity contribution in [1.29, 1.82) is 0 Å². The number of anilines is 2. The average molecular weight is 251 g/mol. The minimum Gasteiger partial charge on any atom is -0.380 e. The summed E-state index contributed by atoms with van der Waals surface area (Å²) < 4.78 is 5.48. The predicted molar refractivity (Wildman–Crippen MR) is 71.5 cm³/mol. The SMILES string of the molecule is CCCc1c(NN)ncnc1N1CCCOCC1. The molecule has 1 fully saturated rings. The molecule has 100 valence electrons. The van der Waals surface area contributed by atoms with E-state index < -0.39 is 0 Å². The molecule has 0 aliphatic carbocycles. The smallest absolute Gasteiger partial charge is 0.148 e. The maximum absolute atomic E-state index is 5.53. The Labute approximate surface area is 108 Å². The second-order valence-corrected chi connectivity index (χ2v) is 4.37. The van der Waals surface area contributed by atoms with E-state index in [1.54, 1.807) is 6.33 Å². The maximum Gasteiger partial charge on any atom is 0.148 e. The van der Waals surface area contributed by atoms with E-state index in [0.29, 0.717) is 0 Å². The fourth-order valence-electron chi connectivity index (χ4n) is 2.24. The van der Waals surface area contributed by atoms with E-state index >= 15 is 0 Å². The third kappa shape index (κ3) is 2.88. The molecule has 2 rings (SSSR count). The van der Waals surface area contributed by atoms with Gasteiger partial charge in [-0.15, -0.1) is 0 Å². The molecule has 1 aromatic heterocycles. The zero-order valence-corrected chi connectivity index (χ0v) is 10.9. The third-order valence-electron chi connectivity index (χ3n) is 3.08. The molecule has 1 aliphatic heterocycles. The van der Waals surface area contributed by atoms with Crippen LogP contribution in [0.2, 0.25) is 0 Å². The molecule has 0 saturated carbocycles. The summed E-state index contributed by atoms with van der Waals surface area (Å²) in [5.74, 6) is 7.25. The second-order valence-electron chi connectivity index (χ2n) is 4.37. The van der Waals surface area contributed by atoms with Crippen molar-refractivity contribution >= 4 is 11.6 Å². The Morgan fingerprint density at radius 3 is 3.06 bits per heavy atom. The number of aromatic nitrogens is 2. The van der Waals surface area contributed by atoms with Crippen LogP contribution in [0.5, 0.6) is 0 Å². The van der Waals surface area contributed by atoms with Gasteiger partial charge in [-0.25, -0.2) is 15.8 Å². The van der Waals surface area contributed by atoms with E-state index in [4.69, 9.17) is 10.6 Å². The summed E-state index contributed by atoms with van der Waals surface area (Å²) in [7, 11) is 0. The second kappa shape index (κ2) is 6.51. The Bertz CT molecular complexity index is 377. The van der Waals surface area contributed by atoms with Gasteiger partial charge in [0, 0.05) is 25.3 Å². The van der Waals surface area contributed by atoms with Gasteiger partial charge in [-0.2, -0.15) is 0 Å². The first-order valence-electron chi connectivity index (χ1n) is 6.50. The van der Waals surface area contributed by atoms with Crippen LogP contribution in [0.1, 0.15) is 25.3 Å². The third-order valence-corrected chi connectivity index (χ3v) is 3.08. The van der Waals surface area contributed by atoms with Gasteiger partial charge in [0.05, 0.1) is 6.61 Å². The number of hydrazine groups is 1. The van der Waals surface area contributed by atoms with Crippen molar-refractivity contribution in [3.8, 4) is 0 Å². The van der Waals surface area contributed by atoms with Crippen molar-refractivity contribution in [3.63, 3.8) is 0 Å². The number of hydrogen-bond donors (Lipinski definition) is 2. The molecule has 0 amide bonds. The van der Waals surface area contributed by atoms with E-state index in [-0.39, 0.29) is 0 Å². The lowest BCUT2D eigenvalue weighted by Crippen LogP contribution is -2.28. The van der Waals surface area contributed by atoms with Crippen LogP contribution >= 0.6 is 0 Å². The monoisotopic (exact) mass is 251 g/mol. The highest BCUT2D eigenvalue weighted by atomic mass is 16.5. The minimum atomic E-state index is 0.729. The van der Waals surface area contributed by atoms with Crippen molar-refractivity contribution in [1.82, 2.24) is 9.97 Å². The molecule has 6 heteroatoms. The van der Waals surface area contributed by atoms with E-state index in [1.165, 1.54) is 0 Å². The summed E-state index contributed by atoms with van der Waals surface area (Å²) in [6.07, 6.45) is 4.56. The first-order valence-corrected chi connectivity index (χ1v) is 6.50. The van der Waals surface area contributed by atoms with Crippen LogP contribution in [0.3, 0.4) is 0 Å². The Hall–Kier alpha value is -1.40. The average Bonchev–Trinajstić information content (AvgIpc) is 2.68. The predicted octanol–water partition coefficient (Wildman–Crippen LogP) is 0.941. The van der Waals surface area contributed by atoms with Crippen molar-refractivity contribution in [2.75, 3.05) is 36.6 Å². The maximum atomic E-state index is 5.53. The van der Waals surface area contributed by atoms with Gasteiger partial charge in [0.1, 0.15) is 18.0 Å². The van der Waals surface area contributed by atoms with Gasteiger partial charge in [0.25, 0.3) is 0 Å². The van der Waals surface area contributed by atoms with Gasteiger partial charge in [-0.05, 0) is 12.8 Å². The number of rotatable bonds is 4. The number of nitrogens with one attached hydrogen (secondary N) is 1. The van der Waals surface area contributed by atoms with Crippen molar-refractivity contribution in [2.24, 2.45) is 5.84 Å². The van der Waals surface area contributed by atoms with Crippen molar-refractivity contribution in [3.05, 3.63) is 11.9 Å². The fraction of sp³-hybridized carbons (Fsp3) is 0.667. The Morgan fingerprint density at radius 2 is 2.28 bits per heavy atom. The van der Waals surface area contributed by atoms with Gasteiger partial charge in [-0.1, -0.05) is 13.3 Å². The Kier molecular flexibility index (Phi) is 4.72. The van der Waals surface area contributed by atoms with E-state index in [9.17, 15) is 0 Å². The van der Waals surface area contributed by atoms with E-state index in [0.717, 1.165) is 62.8 Å². The minimum absolute atomic E-state index is 0.729. The zero-order chi connectivity index (χ0) is 12.8. The molecular weight excluding hydrogens is 230 g/mol. The molecular formula is C12H21N5O. The van der Waals surface area contributed by atoms with E-state index in [2.05, 4.69) is 27.2 Å². The zero-order valence-electron chi connectivity index (χ0n) is 10.9. The highest BCUT2D eigenvalue weighted by Gasteiger charge is 2.17. The quantitative estimate of drug-likeness (QED) is 0.612. The Balaban J connectivity index is 2.29. The first-order chi connectivity index (χ1) is 8.86. The summed E-state index contributed by atoms with van der Waals surface area (Å²) in [6, 6.07) is 0. The molecule has 0 unspecified atom stereocenters. The number of ether oxygens (including phenoxy) is 1.